The zero-order chi connectivity index (χ0) is 19.0. The first-order chi connectivity index (χ1) is 13.2. The van der Waals surface area contributed by atoms with Crippen LogP contribution in [0.25, 0.3) is 11.1 Å². The fourth-order valence-electron chi connectivity index (χ4n) is 4.12. The third-order valence-corrected chi connectivity index (χ3v) is 5.63. The topological polar surface area (TPSA) is 73.6 Å². The normalized spacial score (nSPS) is 24.0. The maximum Gasteiger partial charge on any atom is 0.227 e. The average Bonchev–Trinajstić information content (AvgIpc) is 3.53. The second-order valence-electron chi connectivity index (χ2n) is 7.16. The lowest BCUT2D eigenvalue weighted by molar-refractivity contribution is -0.148. The first kappa shape index (κ1) is 17.6. The number of carbonyl (C=O) groups excluding carboxylic acids is 1. The van der Waals surface area contributed by atoms with E-state index in [9.17, 15) is 15.2 Å². The van der Waals surface area contributed by atoms with E-state index in [0.717, 1.165) is 35.3 Å². The van der Waals surface area contributed by atoms with Crippen molar-refractivity contribution < 1.29 is 14.6 Å². The number of likely N-dealkylation sites (tertiary alicyclic amines) is 1. The molecule has 1 saturated carbocycles. The predicted octanol–water partition coefficient (Wildman–Crippen LogP) is 2.95. The second-order valence-corrected chi connectivity index (χ2v) is 7.16. The summed E-state index contributed by atoms with van der Waals surface area (Å²) in [5.41, 5.74) is 2.88. The Morgan fingerprint density at radius 3 is 2.48 bits per heavy atom. The molecule has 5 nitrogen and oxygen atoms in total. The molecule has 1 amide bonds. The highest BCUT2D eigenvalue weighted by Gasteiger charge is 2.54. The first-order valence-corrected chi connectivity index (χ1v) is 9.26. The van der Waals surface area contributed by atoms with Crippen LogP contribution in [0, 0.1) is 17.2 Å². The quantitative estimate of drug-likeness (QED) is 0.887. The van der Waals surface area contributed by atoms with Gasteiger partial charge in [0.2, 0.25) is 5.91 Å². The van der Waals surface area contributed by atoms with Crippen molar-refractivity contribution in [2.45, 2.75) is 30.8 Å². The van der Waals surface area contributed by atoms with Gasteiger partial charge in [-0.05, 0) is 30.0 Å². The summed E-state index contributed by atoms with van der Waals surface area (Å²) in [5.74, 6) is 0.569. The van der Waals surface area contributed by atoms with Crippen LogP contribution in [0.15, 0.2) is 48.5 Å². The molecule has 2 aliphatic rings. The van der Waals surface area contributed by atoms with E-state index < -0.39 is 6.04 Å². The van der Waals surface area contributed by atoms with Crippen LogP contribution >= 0.6 is 0 Å². The molecular formula is C22H22N2O3. The summed E-state index contributed by atoms with van der Waals surface area (Å²) in [7, 11) is 1.63. The van der Waals surface area contributed by atoms with Crippen LogP contribution in [-0.2, 0) is 4.79 Å². The molecule has 0 radical (unpaired) electrons. The van der Waals surface area contributed by atoms with E-state index in [2.05, 4.69) is 6.07 Å². The molecule has 27 heavy (non-hydrogen) atoms. The molecule has 1 N–H and O–H groups in total. The number of carbonyl (C=O) groups is 1. The van der Waals surface area contributed by atoms with Crippen LogP contribution in [0.3, 0.4) is 0 Å². The number of benzene rings is 2. The Hall–Kier alpha value is -2.84. The zero-order valence-corrected chi connectivity index (χ0v) is 15.2. The van der Waals surface area contributed by atoms with Crippen LogP contribution in [0.1, 0.15) is 24.3 Å². The third-order valence-electron chi connectivity index (χ3n) is 5.63. The maximum atomic E-state index is 12.6. The van der Waals surface area contributed by atoms with Gasteiger partial charge in [0.15, 0.2) is 0 Å². The van der Waals surface area contributed by atoms with Crippen LogP contribution in [0.4, 0.5) is 0 Å². The summed E-state index contributed by atoms with van der Waals surface area (Å²) < 4.78 is 5.51. The van der Waals surface area contributed by atoms with Gasteiger partial charge in [-0.2, -0.15) is 5.26 Å². The van der Waals surface area contributed by atoms with Crippen molar-refractivity contribution in [1.82, 2.24) is 4.90 Å². The SMILES string of the molecule is COc1ccccc1-c1ccccc1[C@@H]1[C@@H](C#N)N(C(=O)C2CC2)[C@@H]1CO. The first-order valence-electron chi connectivity index (χ1n) is 9.26. The Morgan fingerprint density at radius 2 is 1.85 bits per heavy atom. The molecule has 4 rings (SSSR count). The minimum atomic E-state index is -0.550. The number of ether oxygens (including phenoxy) is 1. The lowest BCUT2D eigenvalue weighted by Gasteiger charge is -2.52. The molecule has 1 saturated heterocycles. The zero-order valence-electron chi connectivity index (χ0n) is 15.2. The summed E-state index contributed by atoms with van der Waals surface area (Å²) in [6.45, 7) is -0.151. The van der Waals surface area contributed by atoms with E-state index in [0.29, 0.717) is 0 Å². The number of hydrogen-bond acceptors (Lipinski definition) is 4. The highest BCUT2D eigenvalue weighted by Crippen LogP contribution is 2.47. The van der Waals surface area contributed by atoms with Crippen LogP contribution in [0.5, 0.6) is 5.75 Å². The fraction of sp³-hybridized carbons (Fsp3) is 0.364. The second kappa shape index (κ2) is 7.05. The minimum Gasteiger partial charge on any atom is -0.496 e. The van der Waals surface area contributed by atoms with Gasteiger partial charge in [0, 0.05) is 17.4 Å². The lowest BCUT2D eigenvalue weighted by Crippen LogP contribution is -2.65. The molecule has 0 aromatic heterocycles. The molecule has 2 fully saturated rings. The predicted molar refractivity (Wildman–Crippen MR) is 101 cm³/mol. The Labute approximate surface area is 158 Å². The van der Waals surface area contributed by atoms with Crippen LogP contribution < -0.4 is 4.74 Å². The molecular weight excluding hydrogens is 340 g/mol. The monoisotopic (exact) mass is 362 g/mol. The number of rotatable bonds is 5. The van der Waals surface area contributed by atoms with Gasteiger partial charge in [0.05, 0.1) is 25.8 Å². The molecule has 1 aliphatic carbocycles. The molecule has 3 atom stereocenters. The summed E-state index contributed by atoms with van der Waals surface area (Å²) in [6.07, 6.45) is 1.77. The van der Waals surface area contributed by atoms with E-state index >= 15 is 0 Å². The van der Waals surface area contributed by atoms with Gasteiger partial charge in [-0.3, -0.25) is 4.79 Å². The van der Waals surface area contributed by atoms with Crippen molar-refractivity contribution in [3.8, 4) is 22.9 Å². The highest BCUT2D eigenvalue weighted by atomic mass is 16.5. The number of nitrogens with zero attached hydrogens (tertiary/aromatic N) is 2. The summed E-state index contributed by atoms with van der Waals surface area (Å²) in [5, 5.41) is 19.8. The summed E-state index contributed by atoms with van der Waals surface area (Å²) in [6, 6.07) is 17.0. The van der Waals surface area contributed by atoms with Crippen molar-refractivity contribution in [1.29, 1.82) is 5.26 Å². The smallest absolute Gasteiger partial charge is 0.227 e. The molecule has 2 aromatic rings. The van der Waals surface area contributed by atoms with Crippen molar-refractivity contribution >= 4 is 5.91 Å². The van der Waals surface area contributed by atoms with Crippen molar-refractivity contribution in [3.63, 3.8) is 0 Å². The molecule has 1 aliphatic heterocycles. The van der Waals surface area contributed by atoms with E-state index in [4.69, 9.17) is 4.74 Å². The number of methoxy groups -OCH3 is 1. The molecule has 1 heterocycles. The maximum absolute atomic E-state index is 12.6. The molecule has 5 heteroatoms. The Morgan fingerprint density at radius 1 is 1.19 bits per heavy atom. The van der Waals surface area contributed by atoms with Crippen molar-refractivity contribution in [2.24, 2.45) is 5.92 Å². The third kappa shape index (κ3) is 2.87. The van der Waals surface area contributed by atoms with Gasteiger partial charge in [0.1, 0.15) is 11.8 Å². The molecule has 0 unspecified atom stereocenters. The molecule has 138 valence electrons. The van der Waals surface area contributed by atoms with E-state index in [-0.39, 0.29) is 30.4 Å². The summed E-state index contributed by atoms with van der Waals surface area (Å²) in [4.78, 5) is 14.2. The van der Waals surface area contributed by atoms with Gasteiger partial charge >= 0.3 is 0 Å². The molecule has 0 bridgehead atoms. The van der Waals surface area contributed by atoms with E-state index in [1.165, 1.54) is 0 Å². The fourth-order valence-corrected chi connectivity index (χ4v) is 4.12. The number of aliphatic hydroxyl groups is 1. The van der Waals surface area contributed by atoms with Crippen molar-refractivity contribution in [3.05, 3.63) is 54.1 Å². The van der Waals surface area contributed by atoms with Gasteiger partial charge in [0.25, 0.3) is 0 Å². The van der Waals surface area contributed by atoms with Gasteiger partial charge < -0.3 is 14.7 Å². The number of hydrogen-bond donors (Lipinski definition) is 1. The average molecular weight is 362 g/mol. The van der Waals surface area contributed by atoms with Crippen LogP contribution in [0.2, 0.25) is 0 Å². The largest absolute Gasteiger partial charge is 0.496 e. The van der Waals surface area contributed by atoms with E-state index in [1.54, 1.807) is 12.0 Å². The number of aliphatic hydroxyl groups excluding tert-OH is 1. The summed E-state index contributed by atoms with van der Waals surface area (Å²) >= 11 is 0. The Balaban J connectivity index is 1.75. The number of nitriles is 1. The highest BCUT2D eigenvalue weighted by molar-refractivity contribution is 5.84. The van der Waals surface area contributed by atoms with Gasteiger partial charge in [-0.25, -0.2) is 0 Å². The van der Waals surface area contributed by atoms with E-state index in [1.807, 2.05) is 48.5 Å². The number of para-hydroxylation sites is 1. The minimum absolute atomic E-state index is 0.00613. The molecule has 0 spiro atoms. The van der Waals surface area contributed by atoms with Gasteiger partial charge in [-0.15, -0.1) is 0 Å². The Kier molecular flexibility index (Phi) is 4.59. The molecule has 2 aromatic carbocycles. The van der Waals surface area contributed by atoms with Crippen LogP contribution in [-0.4, -0.2) is 41.7 Å². The number of amides is 1. The van der Waals surface area contributed by atoms with Gasteiger partial charge in [-0.1, -0.05) is 42.5 Å². The standard InChI is InChI=1S/C22H22N2O3/c1-27-20-9-5-4-7-16(20)15-6-2-3-8-17(15)21-18(12-23)24(19(21)13-25)22(26)14-10-11-14/h2-9,14,18-19,21,25H,10-11,13H2,1H3/t18-,19-,21-/m1/s1. The van der Waals surface area contributed by atoms with Crippen molar-refractivity contribution in [2.75, 3.05) is 13.7 Å². The Bertz CT molecular complexity index is 900. The lowest BCUT2D eigenvalue weighted by atomic mass is 9.73.